The van der Waals surface area contributed by atoms with Crippen LogP contribution in [0.5, 0.6) is 17.2 Å². The van der Waals surface area contributed by atoms with Gasteiger partial charge in [-0.05, 0) is 55.8 Å². The number of hydrogen-bond acceptors (Lipinski definition) is 5. The number of halogens is 1. The van der Waals surface area contributed by atoms with Crippen molar-refractivity contribution < 1.29 is 14.2 Å². The van der Waals surface area contributed by atoms with Crippen LogP contribution < -0.4 is 24.8 Å². The van der Waals surface area contributed by atoms with E-state index in [1.165, 1.54) is 24.8 Å². The summed E-state index contributed by atoms with van der Waals surface area (Å²) in [6.45, 7) is 2.97. The zero-order valence-electron chi connectivity index (χ0n) is 19.4. The maximum Gasteiger partial charge on any atom is 0.195 e. The molecule has 1 unspecified atom stereocenters. The number of guanidine groups is 1. The SMILES string of the molecule is CN=C(NCC(c1ccc(OC)cc1)N1CCCCC1)Nc1ccc(OC)c(OC)c1.I. The van der Waals surface area contributed by atoms with E-state index in [-0.39, 0.29) is 30.0 Å². The fourth-order valence-electron chi connectivity index (χ4n) is 3.94. The number of nitrogens with zero attached hydrogens (tertiary/aromatic N) is 2. The van der Waals surface area contributed by atoms with Crippen LogP contribution in [0.3, 0.4) is 0 Å². The average Bonchev–Trinajstić information content (AvgIpc) is 2.84. The zero-order chi connectivity index (χ0) is 22.1. The molecule has 0 saturated carbocycles. The number of nitrogens with one attached hydrogen (secondary N) is 2. The predicted molar refractivity (Wildman–Crippen MR) is 141 cm³/mol. The lowest BCUT2D eigenvalue weighted by Gasteiger charge is -2.35. The monoisotopic (exact) mass is 554 g/mol. The first kappa shape index (κ1) is 26.1. The van der Waals surface area contributed by atoms with Gasteiger partial charge in [0.15, 0.2) is 17.5 Å². The molecule has 1 aliphatic rings. The van der Waals surface area contributed by atoms with Crippen LogP contribution in [0.25, 0.3) is 0 Å². The van der Waals surface area contributed by atoms with Crippen LogP contribution in [0, 0.1) is 0 Å². The van der Waals surface area contributed by atoms with Crippen molar-refractivity contribution in [1.29, 1.82) is 0 Å². The van der Waals surface area contributed by atoms with Gasteiger partial charge in [-0.1, -0.05) is 18.6 Å². The topological polar surface area (TPSA) is 67.4 Å². The summed E-state index contributed by atoms with van der Waals surface area (Å²) in [6.07, 6.45) is 3.79. The number of ether oxygens (including phenoxy) is 3. The Bertz CT molecular complexity index is 855. The van der Waals surface area contributed by atoms with Crippen LogP contribution in [0.1, 0.15) is 30.9 Å². The van der Waals surface area contributed by atoms with Gasteiger partial charge in [0.05, 0.1) is 27.4 Å². The second kappa shape index (κ2) is 13.4. The van der Waals surface area contributed by atoms with Gasteiger partial charge in [-0.3, -0.25) is 9.89 Å². The van der Waals surface area contributed by atoms with Crippen molar-refractivity contribution in [3.8, 4) is 17.2 Å². The molecule has 1 fully saturated rings. The standard InChI is InChI=1S/C24H34N4O3.HI/c1-25-24(27-19-10-13-22(30-3)23(16-19)31-4)26-17-21(28-14-6-5-7-15-28)18-8-11-20(29-2)12-9-18;/h8-13,16,21H,5-7,14-15,17H2,1-4H3,(H2,25,26,27);1H. The first-order chi connectivity index (χ1) is 15.2. The van der Waals surface area contributed by atoms with Gasteiger partial charge < -0.3 is 24.8 Å². The molecule has 7 nitrogen and oxygen atoms in total. The lowest BCUT2D eigenvalue weighted by molar-refractivity contribution is 0.164. The quantitative estimate of drug-likeness (QED) is 0.284. The largest absolute Gasteiger partial charge is 0.497 e. The minimum absolute atomic E-state index is 0. The highest BCUT2D eigenvalue weighted by Gasteiger charge is 2.22. The lowest BCUT2D eigenvalue weighted by atomic mass is 10.0. The molecule has 1 atom stereocenters. The first-order valence-corrected chi connectivity index (χ1v) is 10.8. The zero-order valence-corrected chi connectivity index (χ0v) is 21.7. The van der Waals surface area contributed by atoms with Gasteiger partial charge in [-0.25, -0.2) is 0 Å². The fourth-order valence-corrected chi connectivity index (χ4v) is 3.94. The third kappa shape index (κ3) is 6.90. The van der Waals surface area contributed by atoms with Gasteiger partial charge in [-0.2, -0.15) is 0 Å². The number of rotatable bonds is 8. The van der Waals surface area contributed by atoms with Crippen molar-refractivity contribution in [2.24, 2.45) is 4.99 Å². The number of likely N-dealkylation sites (tertiary alicyclic amines) is 1. The average molecular weight is 554 g/mol. The number of piperidine rings is 1. The molecule has 0 radical (unpaired) electrons. The van der Waals surface area contributed by atoms with Crippen molar-refractivity contribution in [3.05, 3.63) is 48.0 Å². The number of aliphatic imine (C=N–C) groups is 1. The second-order valence-corrected chi connectivity index (χ2v) is 7.53. The highest BCUT2D eigenvalue weighted by molar-refractivity contribution is 14.0. The lowest BCUT2D eigenvalue weighted by Crippen LogP contribution is -2.42. The Morgan fingerprint density at radius 3 is 2.22 bits per heavy atom. The van der Waals surface area contributed by atoms with Gasteiger partial charge in [0.25, 0.3) is 0 Å². The van der Waals surface area contributed by atoms with Crippen molar-refractivity contribution >= 4 is 35.6 Å². The van der Waals surface area contributed by atoms with E-state index in [2.05, 4.69) is 32.7 Å². The van der Waals surface area contributed by atoms with E-state index in [1.807, 2.05) is 30.3 Å². The molecule has 0 aromatic heterocycles. The summed E-state index contributed by atoms with van der Waals surface area (Å²) in [7, 11) is 6.74. The molecular weight excluding hydrogens is 519 g/mol. The minimum atomic E-state index is 0. The summed E-state index contributed by atoms with van der Waals surface area (Å²) in [4.78, 5) is 6.96. The maximum atomic E-state index is 5.40. The number of hydrogen-bond donors (Lipinski definition) is 2. The summed E-state index contributed by atoms with van der Waals surface area (Å²) >= 11 is 0. The minimum Gasteiger partial charge on any atom is -0.497 e. The Morgan fingerprint density at radius 1 is 0.938 bits per heavy atom. The van der Waals surface area contributed by atoms with Gasteiger partial charge in [-0.15, -0.1) is 24.0 Å². The Labute approximate surface area is 208 Å². The van der Waals surface area contributed by atoms with E-state index in [4.69, 9.17) is 14.2 Å². The van der Waals surface area contributed by atoms with Gasteiger partial charge in [0.1, 0.15) is 5.75 Å². The van der Waals surface area contributed by atoms with Gasteiger partial charge in [0.2, 0.25) is 0 Å². The normalized spacial score (nSPS) is 15.3. The Hall–Kier alpha value is -2.20. The smallest absolute Gasteiger partial charge is 0.195 e. The molecule has 32 heavy (non-hydrogen) atoms. The third-order valence-corrected chi connectivity index (χ3v) is 5.66. The van der Waals surface area contributed by atoms with Gasteiger partial charge >= 0.3 is 0 Å². The van der Waals surface area contributed by atoms with Gasteiger partial charge in [0, 0.05) is 25.3 Å². The van der Waals surface area contributed by atoms with E-state index in [0.717, 1.165) is 31.1 Å². The van der Waals surface area contributed by atoms with Crippen molar-refractivity contribution in [2.45, 2.75) is 25.3 Å². The molecule has 0 spiro atoms. The van der Waals surface area contributed by atoms with E-state index in [9.17, 15) is 0 Å². The summed E-state index contributed by atoms with van der Waals surface area (Å²) in [5.41, 5.74) is 2.15. The molecule has 1 heterocycles. The summed E-state index contributed by atoms with van der Waals surface area (Å²) < 4.78 is 16.1. The van der Waals surface area contributed by atoms with E-state index in [0.29, 0.717) is 17.5 Å². The Balaban J connectivity index is 0.00000363. The summed E-state index contributed by atoms with van der Waals surface area (Å²) in [5, 5.41) is 6.85. The molecule has 1 aliphatic heterocycles. The third-order valence-electron chi connectivity index (χ3n) is 5.66. The fraction of sp³-hybridized carbons (Fsp3) is 0.458. The van der Waals surface area contributed by atoms with E-state index in [1.54, 1.807) is 28.4 Å². The van der Waals surface area contributed by atoms with Crippen molar-refractivity contribution in [3.63, 3.8) is 0 Å². The highest BCUT2D eigenvalue weighted by atomic mass is 127. The molecule has 0 aliphatic carbocycles. The van der Waals surface area contributed by atoms with Crippen LogP contribution in [0.15, 0.2) is 47.5 Å². The molecule has 8 heteroatoms. The molecule has 2 N–H and O–H groups in total. The second-order valence-electron chi connectivity index (χ2n) is 7.53. The number of anilines is 1. The molecular formula is C24H35IN4O3. The summed E-state index contributed by atoms with van der Waals surface area (Å²) in [6, 6.07) is 14.4. The van der Waals surface area contributed by atoms with Crippen LogP contribution in [0.2, 0.25) is 0 Å². The first-order valence-electron chi connectivity index (χ1n) is 10.8. The van der Waals surface area contributed by atoms with Crippen molar-refractivity contribution in [1.82, 2.24) is 10.2 Å². The van der Waals surface area contributed by atoms with Crippen LogP contribution in [-0.4, -0.2) is 58.9 Å². The van der Waals surface area contributed by atoms with Crippen LogP contribution in [-0.2, 0) is 0 Å². The molecule has 0 amide bonds. The Kier molecular flexibility index (Phi) is 10.9. The molecule has 2 aromatic carbocycles. The van der Waals surface area contributed by atoms with Crippen molar-refractivity contribution in [2.75, 3.05) is 53.3 Å². The molecule has 1 saturated heterocycles. The summed E-state index contributed by atoms with van der Waals surface area (Å²) in [5.74, 6) is 2.95. The molecule has 176 valence electrons. The number of methoxy groups -OCH3 is 3. The molecule has 0 bridgehead atoms. The highest BCUT2D eigenvalue weighted by Crippen LogP contribution is 2.30. The van der Waals surface area contributed by atoms with E-state index < -0.39 is 0 Å². The Morgan fingerprint density at radius 2 is 1.62 bits per heavy atom. The van der Waals surface area contributed by atoms with Crippen LogP contribution >= 0.6 is 24.0 Å². The number of benzene rings is 2. The predicted octanol–water partition coefficient (Wildman–Crippen LogP) is 4.54. The molecule has 2 aromatic rings. The molecule has 3 rings (SSSR count). The van der Waals surface area contributed by atoms with Crippen LogP contribution in [0.4, 0.5) is 5.69 Å². The van der Waals surface area contributed by atoms with E-state index >= 15 is 0 Å². The maximum absolute atomic E-state index is 5.40.